The third-order valence-corrected chi connectivity index (χ3v) is 3.03. The van der Waals surface area contributed by atoms with Gasteiger partial charge in [0, 0.05) is 0 Å². The quantitative estimate of drug-likeness (QED) is 0.783. The van der Waals surface area contributed by atoms with Crippen LogP contribution in [0.3, 0.4) is 0 Å². The van der Waals surface area contributed by atoms with Crippen LogP contribution in [0.1, 0.15) is 38.0 Å². The first-order chi connectivity index (χ1) is 11.4. The first-order valence-corrected chi connectivity index (χ1v) is 6.98. The lowest BCUT2D eigenvalue weighted by Gasteiger charge is -2.10. The normalized spacial score (nSPS) is 10.0. The number of carbonyl (C=O) groups is 3. The minimum atomic E-state index is -1.30. The predicted molar refractivity (Wildman–Crippen MR) is 82.8 cm³/mol. The van der Waals surface area contributed by atoms with Gasteiger partial charge in [-0.15, -0.1) is 0 Å². The highest BCUT2D eigenvalue weighted by Gasteiger charge is 2.19. The number of carboxylic acids is 2. The predicted octanol–water partition coefficient (Wildman–Crippen LogP) is 3.05. The Hall–Kier alpha value is -3.35. The van der Waals surface area contributed by atoms with Crippen LogP contribution >= 0.6 is 0 Å². The van der Waals surface area contributed by atoms with E-state index in [2.05, 4.69) is 0 Å². The van der Waals surface area contributed by atoms with Crippen molar-refractivity contribution in [2.24, 2.45) is 0 Å². The summed E-state index contributed by atoms with van der Waals surface area (Å²) in [5.41, 5.74) is -0.314. The fourth-order valence-corrected chi connectivity index (χ4v) is 1.98. The van der Waals surface area contributed by atoms with Gasteiger partial charge in [0.15, 0.2) is 0 Å². The minimum absolute atomic E-state index is 0.0362. The fourth-order valence-electron chi connectivity index (χ4n) is 1.98. The molecule has 0 atom stereocenters. The summed E-state index contributed by atoms with van der Waals surface area (Å²) < 4.78 is 10.3. The molecule has 0 bridgehead atoms. The Labute approximate surface area is 137 Å². The van der Waals surface area contributed by atoms with Crippen LogP contribution in [0.15, 0.2) is 42.5 Å². The van der Waals surface area contributed by atoms with E-state index in [0.29, 0.717) is 0 Å². The Morgan fingerprint density at radius 2 is 1.62 bits per heavy atom. The zero-order valence-corrected chi connectivity index (χ0v) is 12.7. The molecule has 2 aromatic carbocycles. The third-order valence-electron chi connectivity index (χ3n) is 3.03. The summed E-state index contributed by atoms with van der Waals surface area (Å²) in [4.78, 5) is 34.1. The number of hydrogen-bond donors (Lipinski definition) is 2. The highest BCUT2D eigenvalue weighted by atomic mass is 16.5. The molecule has 0 aliphatic rings. The number of carboxylic acid groups (broad SMARTS) is 2. The van der Waals surface area contributed by atoms with Gasteiger partial charge in [-0.1, -0.05) is 6.07 Å². The molecule has 2 aromatic rings. The first kappa shape index (κ1) is 17.0. The average Bonchev–Trinajstić information content (AvgIpc) is 2.55. The molecule has 0 aliphatic heterocycles. The van der Waals surface area contributed by atoms with Crippen LogP contribution in [0.2, 0.25) is 0 Å². The number of ether oxygens (including phenoxy) is 2. The Morgan fingerprint density at radius 1 is 0.917 bits per heavy atom. The van der Waals surface area contributed by atoms with Crippen molar-refractivity contribution < 1.29 is 34.1 Å². The number of benzene rings is 2. The molecule has 0 saturated heterocycles. The monoisotopic (exact) mass is 330 g/mol. The largest absolute Gasteiger partial charge is 0.478 e. The summed E-state index contributed by atoms with van der Waals surface area (Å²) in [5, 5.41) is 18.2. The van der Waals surface area contributed by atoms with Gasteiger partial charge in [-0.05, 0) is 43.3 Å². The molecule has 0 unspecified atom stereocenters. The van der Waals surface area contributed by atoms with Gasteiger partial charge in [0.2, 0.25) is 0 Å². The SMILES string of the molecule is CCOC(=O)c1ccc(Oc2cccc(C(=O)O)c2)cc1C(=O)O. The van der Waals surface area contributed by atoms with Gasteiger partial charge in [0.25, 0.3) is 0 Å². The summed E-state index contributed by atoms with van der Waals surface area (Å²) in [6.07, 6.45) is 0. The van der Waals surface area contributed by atoms with Crippen LogP contribution in [0.4, 0.5) is 0 Å². The summed E-state index contributed by atoms with van der Waals surface area (Å²) >= 11 is 0. The Kier molecular flexibility index (Phi) is 5.16. The summed E-state index contributed by atoms with van der Waals surface area (Å²) in [7, 11) is 0. The van der Waals surface area contributed by atoms with E-state index in [4.69, 9.17) is 14.6 Å². The lowest BCUT2D eigenvalue weighted by atomic mass is 10.1. The van der Waals surface area contributed by atoms with Crippen LogP contribution in [0.5, 0.6) is 11.5 Å². The van der Waals surface area contributed by atoms with Crippen molar-refractivity contribution >= 4 is 17.9 Å². The van der Waals surface area contributed by atoms with Gasteiger partial charge in [0.1, 0.15) is 11.5 Å². The van der Waals surface area contributed by atoms with E-state index in [0.717, 1.165) is 0 Å². The molecule has 0 heterocycles. The standard InChI is InChI=1S/C17H14O7/c1-2-23-17(22)13-7-6-12(9-14(13)16(20)21)24-11-5-3-4-10(8-11)15(18)19/h3-9H,2H2,1H3,(H,18,19)(H,20,21). The highest BCUT2D eigenvalue weighted by Crippen LogP contribution is 2.25. The number of hydrogen-bond acceptors (Lipinski definition) is 5. The zero-order valence-electron chi connectivity index (χ0n) is 12.7. The molecule has 0 spiro atoms. The van der Waals surface area contributed by atoms with Gasteiger partial charge in [-0.2, -0.15) is 0 Å². The van der Waals surface area contributed by atoms with E-state index in [1.807, 2.05) is 0 Å². The van der Waals surface area contributed by atoms with Gasteiger partial charge in [-0.25, -0.2) is 14.4 Å². The molecular weight excluding hydrogens is 316 g/mol. The summed E-state index contributed by atoms with van der Waals surface area (Å²) in [5.74, 6) is -2.76. The molecule has 7 nitrogen and oxygen atoms in total. The molecule has 7 heteroatoms. The fraction of sp³-hybridized carbons (Fsp3) is 0.118. The van der Waals surface area contributed by atoms with E-state index in [1.54, 1.807) is 6.92 Å². The number of rotatable bonds is 6. The van der Waals surface area contributed by atoms with E-state index >= 15 is 0 Å². The van der Waals surface area contributed by atoms with Crippen LogP contribution in [-0.4, -0.2) is 34.7 Å². The van der Waals surface area contributed by atoms with Gasteiger partial charge >= 0.3 is 17.9 Å². The van der Waals surface area contributed by atoms with Crippen LogP contribution in [-0.2, 0) is 4.74 Å². The maximum atomic E-state index is 11.8. The van der Waals surface area contributed by atoms with Crippen molar-refractivity contribution in [3.63, 3.8) is 0 Å². The summed E-state index contributed by atoms with van der Waals surface area (Å²) in [6.45, 7) is 1.74. The van der Waals surface area contributed by atoms with E-state index in [1.165, 1.54) is 42.5 Å². The molecule has 0 saturated carbocycles. The Bertz CT molecular complexity index is 795. The van der Waals surface area contributed by atoms with Crippen molar-refractivity contribution in [1.29, 1.82) is 0 Å². The van der Waals surface area contributed by atoms with E-state index in [9.17, 15) is 19.5 Å². The topological polar surface area (TPSA) is 110 Å². The van der Waals surface area contributed by atoms with Gasteiger partial charge in [0.05, 0.1) is 23.3 Å². The molecule has 124 valence electrons. The van der Waals surface area contributed by atoms with Crippen LogP contribution in [0, 0.1) is 0 Å². The molecule has 2 rings (SSSR count). The van der Waals surface area contributed by atoms with Crippen LogP contribution < -0.4 is 4.74 Å². The Morgan fingerprint density at radius 3 is 2.25 bits per heavy atom. The number of aromatic carboxylic acids is 2. The van der Waals surface area contributed by atoms with Crippen molar-refractivity contribution in [3.8, 4) is 11.5 Å². The summed E-state index contributed by atoms with van der Waals surface area (Å²) in [6, 6.07) is 9.63. The molecule has 0 fully saturated rings. The first-order valence-electron chi connectivity index (χ1n) is 6.98. The van der Waals surface area contributed by atoms with E-state index < -0.39 is 17.9 Å². The van der Waals surface area contributed by atoms with Gasteiger partial charge < -0.3 is 19.7 Å². The molecule has 0 amide bonds. The smallest absolute Gasteiger partial charge is 0.339 e. The third kappa shape index (κ3) is 3.89. The van der Waals surface area contributed by atoms with Crippen molar-refractivity contribution in [3.05, 3.63) is 59.2 Å². The molecular formula is C17H14O7. The lowest BCUT2D eigenvalue weighted by molar-refractivity contribution is 0.0514. The second kappa shape index (κ2) is 7.28. The maximum absolute atomic E-state index is 11.8. The number of carbonyl (C=O) groups excluding carboxylic acids is 1. The molecule has 24 heavy (non-hydrogen) atoms. The Balaban J connectivity index is 2.33. The van der Waals surface area contributed by atoms with Crippen molar-refractivity contribution in [2.45, 2.75) is 6.92 Å². The molecule has 2 N–H and O–H groups in total. The molecule has 0 aromatic heterocycles. The average molecular weight is 330 g/mol. The lowest BCUT2D eigenvalue weighted by Crippen LogP contribution is -2.11. The van der Waals surface area contributed by atoms with Crippen molar-refractivity contribution in [1.82, 2.24) is 0 Å². The van der Waals surface area contributed by atoms with Gasteiger partial charge in [-0.3, -0.25) is 0 Å². The van der Waals surface area contributed by atoms with Crippen molar-refractivity contribution in [2.75, 3.05) is 6.61 Å². The second-order valence-corrected chi connectivity index (χ2v) is 4.67. The van der Waals surface area contributed by atoms with E-state index in [-0.39, 0.29) is 34.8 Å². The zero-order chi connectivity index (χ0) is 17.7. The van der Waals surface area contributed by atoms with Crippen LogP contribution in [0.25, 0.3) is 0 Å². The molecule has 0 aliphatic carbocycles. The second-order valence-electron chi connectivity index (χ2n) is 4.67. The minimum Gasteiger partial charge on any atom is -0.478 e. The molecule has 0 radical (unpaired) electrons. The number of esters is 1. The maximum Gasteiger partial charge on any atom is 0.339 e. The highest BCUT2D eigenvalue weighted by molar-refractivity contribution is 6.02.